The van der Waals surface area contributed by atoms with Crippen LogP contribution in [0, 0.1) is 12.8 Å². The van der Waals surface area contributed by atoms with Crippen molar-refractivity contribution in [2.24, 2.45) is 11.0 Å². The minimum Gasteiger partial charge on any atom is -0.496 e. The van der Waals surface area contributed by atoms with Crippen LogP contribution >= 0.6 is 0 Å². The number of anilines is 2. The maximum Gasteiger partial charge on any atom is 0.152 e. The van der Waals surface area contributed by atoms with Crippen molar-refractivity contribution in [1.82, 2.24) is 9.97 Å². The molecule has 0 radical (unpaired) electrons. The summed E-state index contributed by atoms with van der Waals surface area (Å²) in [4.78, 5) is 9.76. The molecule has 0 saturated heterocycles. The zero-order valence-electron chi connectivity index (χ0n) is 19.1. The Kier molecular flexibility index (Phi) is 8.33. The van der Waals surface area contributed by atoms with Crippen molar-refractivity contribution in [2.75, 3.05) is 24.0 Å². The lowest BCUT2D eigenvalue weighted by Gasteiger charge is -2.20. The highest BCUT2D eigenvalue weighted by Gasteiger charge is 2.18. The van der Waals surface area contributed by atoms with Crippen molar-refractivity contribution in [1.29, 1.82) is 0 Å². The van der Waals surface area contributed by atoms with Crippen molar-refractivity contribution < 1.29 is 10.2 Å². The highest BCUT2D eigenvalue weighted by Crippen LogP contribution is 2.36. The summed E-state index contributed by atoms with van der Waals surface area (Å²) in [5, 5.41) is 9.68. The molecular weight excluding hydrogens is 390 g/mol. The zero-order chi connectivity index (χ0) is 21.7. The summed E-state index contributed by atoms with van der Waals surface area (Å²) in [6.45, 7) is 13.3. The van der Waals surface area contributed by atoms with E-state index in [2.05, 4.69) is 36.9 Å². The molecule has 0 amide bonds. The average Bonchev–Trinajstić information content (AvgIpc) is 2.77. The third-order valence-corrected chi connectivity index (χ3v) is 5.19. The lowest BCUT2D eigenvalue weighted by Crippen LogP contribution is -2.14. The topological polar surface area (TPSA) is 94.1 Å². The van der Waals surface area contributed by atoms with Crippen molar-refractivity contribution in [3.05, 3.63) is 48.4 Å². The van der Waals surface area contributed by atoms with Crippen molar-refractivity contribution in [3.63, 3.8) is 0 Å². The number of benzene rings is 1. The Morgan fingerprint density at radius 2 is 2.10 bits per heavy atom. The minimum absolute atomic E-state index is 0. The van der Waals surface area contributed by atoms with Crippen LogP contribution in [0.3, 0.4) is 0 Å². The van der Waals surface area contributed by atoms with E-state index in [-0.39, 0.29) is 5.48 Å². The summed E-state index contributed by atoms with van der Waals surface area (Å²) >= 11 is 0. The summed E-state index contributed by atoms with van der Waals surface area (Å²) in [6, 6.07) is 6.00. The molecule has 3 N–H and O–H groups in total. The molecule has 0 aliphatic carbocycles. The predicted molar refractivity (Wildman–Crippen MR) is 130 cm³/mol. The van der Waals surface area contributed by atoms with Crippen LogP contribution in [0.2, 0.25) is 0 Å². The number of rotatable bonds is 8. The van der Waals surface area contributed by atoms with Gasteiger partial charge in [0.25, 0.3) is 0 Å². The van der Waals surface area contributed by atoms with E-state index in [4.69, 9.17) is 14.7 Å². The number of ether oxygens (including phenoxy) is 1. The number of hydrogen-bond donors (Lipinski definition) is 1. The number of methoxy groups -OCH3 is 1. The Morgan fingerprint density at radius 3 is 2.71 bits per heavy atom. The van der Waals surface area contributed by atoms with E-state index in [1.54, 1.807) is 7.11 Å². The number of nitrogens with zero attached hydrogens (tertiary/aromatic N) is 4. The summed E-state index contributed by atoms with van der Waals surface area (Å²) in [7, 11) is 1.67. The van der Waals surface area contributed by atoms with E-state index in [1.807, 2.05) is 49.5 Å². The monoisotopic (exact) mass is 423 g/mol. The van der Waals surface area contributed by atoms with Gasteiger partial charge in [-0.15, -0.1) is 0 Å². The van der Waals surface area contributed by atoms with Gasteiger partial charge < -0.3 is 15.5 Å². The molecule has 3 rings (SSSR count). The van der Waals surface area contributed by atoms with E-state index in [0.29, 0.717) is 5.92 Å². The van der Waals surface area contributed by atoms with Gasteiger partial charge in [0.15, 0.2) is 5.82 Å². The highest BCUT2D eigenvalue weighted by atomic mass is 16.5. The van der Waals surface area contributed by atoms with Crippen LogP contribution in [0.15, 0.2) is 42.2 Å². The van der Waals surface area contributed by atoms with Gasteiger partial charge in [-0.1, -0.05) is 32.9 Å². The smallest absolute Gasteiger partial charge is 0.152 e. The van der Waals surface area contributed by atoms with Crippen LogP contribution in [-0.4, -0.2) is 35.3 Å². The standard InChI is InChI=1S/C24H31N5O.H2O/c1-7-17(4)15-25-24-22(16(2)3)28-23(18(5)27-24)20-11-10-19(14-21(20)30-6)29-13-9-8-12-26-29;/h9-14,17H,2,7-8,15H2,1,3-6H3,(H,25,27);1H2/t17-;/m0./s1. The molecule has 0 spiro atoms. The second-order valence-corrected chi connectivity index (χ2v) is 7.68. The Balaban J connectivity index is 0.00000341. The van der Waals surface area contributed by atoms with Gasteiger partial charge in [0, 0.05) is 37.0 Å². The zero-order valence-corrected chi connectivity index (χ0v) is 19.1. The number of aryl methyl sites for hydroxylation is 1. The summed E-state index contributed by atoms with van der Waals surface area (Å²) < 4.78 is 5.70. The van der Waals surface area contributed by atoms with Crippen LogP contribution in [0.5, 0.6) is 5.75 Å². The van der Waals surface area contributed by atoms with Crippen LogP contribution in [-0.2, 0) is 0 Å². The van der Waals surface area contributed by atoms with E-state index < -0.39 is 0 Å². The molecule has 0 fully saturated rings. The fourth-order valence-corrected chi connectivity index (χ4v) is 3.18. The summed E-state index contributed by atoms with van der Waals surface area (Å²) in [5.74, 6) is 2.07. The number of aromatic nitrogens is 2. The quantitative estimate of drug-likeness (QED) is 0.656. The fraction of sp³-hybridized carbons (Fsp3) is 0.375. The van der Waals surface area contributed by atoms with Crippen LogP contribution in [0.1, 0.15) is 45.0 Å². The van der Waals surface area contributed by atoms with Crippen molar-refractivity contribution in [3.8, 4) is 17.0 Å². The number of allylic oxidation sites excluding steroid dienone is 2. The van der Waals surface area contributed by atoms with E-state index in [9.17, 15) is 0 Å². The third kappa shape index (κ3) is 5.49. The Bertz CT molecular complexity index is 972. The maximum atomic E-state index is 5.70. The molecule has 0 unspecified atom stereocenters. The molecule has 1 atom stereocenters. The van der Waals surface area contributed by atoms with Gasteiger partial charge in [-0.25, -0.2) is 15.0 Å². The SMILES string of the molecule is C=C(C)c1nc(-c2ccc(N3C=CCC=N3)cc2OC)c(C)nc1NC[C@@H](C)CC.O. The molecule has 7 heteroatoms. The first-order chi connectivity index (χ1) is 14.4. The molecule has 1 aromatic carbocycles. The summed E-state index contributed by atoms with van der Waals surface area (Å²) in [6.07, 6.45) is 7.85. The molecular formula is C24H33N5O2. The second kappa shape index (κ2) is 10.7. The molecule has 2 heterocycles. The van der Waals surface area contributed by atoms with Crippen LogP contribution in [0.25, 0.3) is 16.8 Å². The fourth-order valence-electron chi connectivity index (χ4n) is 3.18. The largest absolute Gasteiger partial charge is 0.496 e. The van der Waals surface area contributed by atoms with E-state index >= 15 is 0 Å². The first-order valence-corrected chi connectivity index (χ1v) is 10.4. The summed E-state index contributed by atoms with van der Waals surface area (Å²) in [5.41, 5.74) is 5.12. The molecule has 0 bridgehead atoms. The molecule has 1 aliphatic heterocycles. The van der Waals surface area contributed by atoms with Gasteiger partial charge in [-0.05, 0) is 37.5 Å². The van der Waals surface area contributed by atoms with Crippen molar-refractivity contribution >= 4 is 23.3 Å². The van der Waals surface area contributed by atoms with Crippen LogP contribution < -0.4 is 15.1 Å². The Labute approximate surface area is 184 Å². The minimum atomic E-state index is 0. The first-order valence-electron chi connectivity index (χ1n) is 10.4. The lowest BCUT2D eigenvalue weighted by molar-refractivity contribution is 0.416. The van der Waals surface area contributed by atoms with Gasteiger partial charge in [-0.3, -0.25) is 0 Å². The third-order valence-electron chi connectivity index (χ3n) is 5.19. The van der Waals surface area contributed by atoms with Gasteiger partial charge >= 0.3 is 0 Å². The predicted octanol–water partition coefficient (Wildman–Crippen LogP) is 4.84. The van der Waals surface area contributed by atoms with Crippen molar-refractivity contribution in [2.45, 2.75) is 40.5 Å². The number of hydrazone groups is 1. The average molecular weight is 424 g/mol. The normalized spacial score (nSPS) is 13.5. The van der Waals surface area contributed by atoms with E-state index in [0.717, 1.165) is 64.9 Å². The van der Waals surface area contributed by atoms with Gasteiger partial charge in [0.2, 0.25) is 0 Å². The van der Waals surface area contributed by atoms with Gasteiger partial charge in [0.1, 0.15) is 11.4 Å². The second-order valence-electron chi connectivity index (χ2n) is 7.68. The molecule has 166 valence electrons. The molecule has 1 aromatic heterocycles. The molecule has 0 saturated carbocycles. The Hall–Kier alpha value is -3.19. The molecule has 1 aliphatic rings. The molecule has 2 aromatic rings. The molecule has 7 nitrogen and oxygen atoms in total. The number of nitrogens with one attached hydrogen (secondary N) is 1. The molecule has 31 heavy (non-hydrogen) atoms. The van der Waals surface area contributed by atoms with E-state index in [1.165, 1.54) is 0 Å². The lowest BCUT2D eigenvalue weighted by atomic mass is 10.1. The maximum absolute atomic E-state index is 5.70. The van der Waals surface area contributed by atoms with Gasteiger partial charge in [-0.2, -0.15) is 5.10 Å². The first kappa shape index (κ1) is 24.1. The number of hydrogen-bond acceptors (Lipinski definition) is 6. The highest BCUT2D eigenvalue weighted by molar-refractivity contribution is 5.77. The Morgan fingerprint density at radius 1 is 1.32 bits per heavy atom. The van der Waals surface area contributed by atoms with Gasteiger partial charge in [0.05, 0.1) is 24.2 Å². The van der Waals surface area contributed by atoms with Crippen LogP contribution in [0.4, 0.5) is 11.5 Å².